The molecule has 0 unspecified atom stereocenters. The molecule has 0 aliphatic heterocycles. The Morgan fingerprint density at radius 3 is 2.84 bits per heavy atom. The number of rotatable bonds is 5. The quantitative estimate of drug-likeness (QED) is 0.840. The van der Waals surface area contributed by atoms with E-state index in [0.717, 1.165) is 11.3 Å². The van der Waals surface area contributed by atoms with Gasteiger partial charge < -0.3 is 9.63 Å². The Hall–Kier alpha value is -1.94. The van der Waals surface area contributed by atoms with Gasteiger partial charge in [0.15, 0.2) is 5.82 Å². The molecule has 0 spiro atoms. The minimum Gasteiger partial charge on any atom is -0.481 e. The fourth-order valence-electron chi connectivity index (χ4n) is 1.25. The number of nitrogens with zero attached hydrogens (tertiary/aromatic N) is 2. The van der Waals surface area contributed by atoms with E-state index in [1.165, 1.54) is 12.1 Å². The normalized spacial score (nSPS) is 11.4. The van der Waals surface area contributed by atoms with E-state index in [0.29, 0.717) is 10.7 Å². The lowest BCUT2D eigenvalue weighted by Crippen LogP contribution is -2.11. The monoisotopic (exact) mass is 303 g/mol. The Labute approximate surface area is 112 Å². The van der Waals surface area contributed by atoms with Crippen molar-refractivity contribution in [3.8, 4) is 0 Å². The van der Waals surface area contributed by atoms with Crippen molar-refractivity contribution in [2.45, 2.75) is 17.6 Å². The van der Waals surface area contributed by atoms with E-state index in [9.17, 15) is 13.2 Å². The second-order valence-electron chi connectivity index (χ2n) is 3.54. The Bertz CT molecular complexity index is 703. The molecule has 0 saturated heterocycles. The fraction of sp³-hybridized carbons (Fsp3) is 0.222. The van der Waals surface area contributed by atoms with Crippen LogP contribution in [0.3, 0.4) is 0 Å². The number of hydrogen-bond acceptors (Lipinski definition) is 7. The second kappa shape index (κ2) is 4.97. The number of carboxylic acid groups (broad SMARTS) is 1. The van der Waals surface area contributed by atoms with E-state index < -0.39 is 16.0 Å². The van der Waals surface area contributed by atoms with Gasteiger partial charge in [0.05, 0.1) is 6.42 Å². The minimum absolute atomic E-state index is 0.0143. The van der Waals surface area contributed by atoms with E-state index >= 15 is 0 Å². The van der Waals surface area contributed by atoms with Crippen LogP contribution in [-0.2, 0) is 21.2 Å². The maximum absolute atomic E-state index is 11.9. The molecule has 10 heteroatoms. The molecule has 2 N–H and O–H groups in total. The zero-order chi connectivity index (χ0) is 14.0. The highest BCUT2D eigenvalue weighted by molar-refractivity contribution is 7.94. The number of carbonyl (C=O) groups is 1. The summed E-state index contributed by atoms with van der Waals surface area (Å²) in [5.74, 6) is -0.721. The van der Waals surface area contributed by atoms with Crippen LogP contribution in [0.2, 0.25) is 0 Å². The molecule has 0 bridgehead atoms. The van der Waals surface area contributed by atoms with E-state index in [-0.39, 0.29) is 16.6 Å². The van der Waals surface area contributed by atoms with Gasteiger partial charge in [0.25, 0.3) is 10.0 Å². The third kappa shape index (κ3) is 3.29. The first-order valence-corrected chi connectivity index (χ1v) is 7.30. The summed E-state index contributed by atoms with van der Waals surface area (Å²) in [5, 5.41) is 12.1. The fourth-order valence-corrected chi connectivity index (χ4v) is 3.52. The highest BCUT2D eigenvalue weighted by Crippen LogP contribution is 2.23. The maximum atomic E-state index is 11.9. The first-order valence-electron chi connectivity index (χ1n) is 5.00. The highest BCUT2D eigenvalue weighted by atomic mass is 32.2. The number of nitrogens with one attached hydrogen (secondary N) is 1. The lowest BCUT2D eigenvalue weighted by Gasteiger charge is -1.99. The standard InChI is InChI=1S/C9H9N3O5S2/c1-5-10-9(17-11-5)12-19(15,16)8-3-2-6(18-8)4-7(13)14/h2-3H,4H2,1H3,(H,13,14)(H,10,11,12). The minimum atomic E-state index is -3.84. The van der Waals surface area contributed by atoms with Crippen molar-refractivity contribution in [3.63, 3.8) is 0 Å². The summed E-state index contributed by atoms with van der Waals surface area (Å²) >= 11 is 0.873. The molecule has 2 rings (SSSR count). The van der Waals surface area contributed by atoms with E-state index in [1.54, 1.807) is 6.92 Å². The molecule has 0 fully saturated rings. The van der Waals surface area contributed by atoms with Gasteiger partial charge in [0.2, 0.25) is 0 Å². The Kier molecular flexibility index (Phi) is 3.53. The summed E-state index contributed by atoms with van der Waals surface area (Å²) in [6, 6.07) is 2.55. The third-order valence-corrected chi connectivity index (χ3v) is 4.87. The molecule has 2 aromatic heterocycles. The summed E-state index contributed by atoms with van der Waals surface area (Å²) in [4.78, 5) is 14.7. The summed E-state index contributed by atoms with van der Waals surface area (Å²) < 4.78 is 30.6. The zero-order valence-corrected chi connectivity index (χ0v) is 11.3. The SMILES string of the molecule is Cc1noc(NS(=O)(=O)c2ccc(CC(=O)O)s2)n1. The first-order chi connectivity index (χ1) is 8.87. The largest absolute Gasteiger partial charge is 0.481 e. The number of carboxylic acids is 1. The van der Waals surface area contributed by atoms with Crippen LogP contribution in [-0.4, -0.2) is 29.6 Å². The molecule has 0 aliphatic carbocycles. The number of hydrogen-bond donors (Lipinski definition) is 2. The van der Waals surface area contributed by atoms with E-state index in [4.69, 9.17) is 5.11 Å². The van der Waals surface area contributed by atoms with Crippen molar-refractivity contribution < 1.29 is 22.8 Å². The van der Waals surface area contributed by atoms with Crippen LogP contribution in [0.1, 0.15) is 10.7 Å². The van der Waals surface area contributed by atoms with Crippen LogP contribution in [0.4, 0.5) is 6.01 Å². The Morgan fingerprint density at radius 2 is 2.26 bits per heavy atom. The van der Waals surface area contributed by atoms with Gasteiger partial charge in [-0.3, -0.25) is 4.79 Å². The number of anilines is 1. The van der Waals surface area contributed by atoms with Gasteiger partial charge in [-0.15, -0.1) is 11.3 Å². The number of aromatic nitrogens is 2. The van der Waals surface area contributed by atoms with Gasteiger partial charge in [-0.25, -0.2) is 13.1 Å². The van der Waals surface area contributed by atoms with Gasteiger partial charge in [-0.2, -0.15) is 4.98 Å². The predicted octanol–water partition coefficient (Wildman–Crippen LogP) is 0.867. The van der Waals surface area contributed by atoms with Crippen molar-refractivity contribution in [1.29, 1.82) is 0 Å². The van der Waals surface area contributed by atoms with Gasteiger partial charge in [0, 0.05) is 4.88 Å². The van der Waals surface area contributed by atoms with Crippen LogP contribution < -0.4 is 4.72 Å². The van der Waals surface area contributed by atoms with Crippen molar-refractivity contribution in [1.82, 2.24) is 10.1 Å². The topological polar surface area (TPSA) is 122 Å². The second-order valence-corrected chi connectivity index (χ2v) is 6.62. The molecule has 0 saturated carbocycles. The molecule has 0 radical (unpaired) electrons. The summed E-state index contributed by atoms with van der Waals surface area (Å²) in [5.41, 5.74) is 0. The highest BCUT2D eigenvalue weighted by Gasteiger charge is 2.20. The van der Waals surface area contributed by atoms with Crippen LogP contribution in [0.25, 0.3) is 0 Å². The van der Waals surface area contributed by atoms with Gasteiger partial charge >= 0.3 is 12.0 Å². The van der Waals surface area contributed by atoms with Gasteiger partial charge in [-0.1, -0.05) is 5.16 Å². The molecule has 0 aromatic carbocycles. The van der Waals surface area contributed by atoms with E-state index in [2.05, 4.69) is 19.4 Å². The number of aryl methyl sites for hydroxylation is 1. The van der Waals surface area contributed by atoms with Crippen molar-refractivity contribution in [2.75, 3.05) is 4.72 Å². The van der Waals surface area contributed by atoms with Gasteiger partial charge in [-0.05, 0) is 19.1 Å². The average molecular weight is 303 g/mol. The first kappa shape index (κ1) is 13.5. The number of thiophene rings is 1. The maximum Gasteiger partial charge on any atom is 0.335 e. The zero-order valence-electron chi connectivity index (χ0n) is 9.65. The molecule has 102 valence electrons. The third-order valence-electron chi connectivity index (χ3n) is 1.98. The van der Waals surface area contributed by atoms with Crippen LogP contribution in [0.15, 0.2) is 20.9 Å². The molecule has 0 amide bonds. The van der Waals surface area contributed by atoms with Crippen molar-refractivity contribution >= 4 is 33.3 Å². The van der Waals surface area contributed by atoms with Crippen LogP contribution in [0, 0.1) is 6.92 Å². The Balaban J connectivity index is 2.19. The molecule has 19 heavy (non-hydrogen) atoms. The molecular weight excluding hydrogens is 294 g/mol. The smallest absolute Gasteiger partial charge is 0.335 e. The lowest BCUT2D eigenvalue weighted by molar-refractivity contribution is -0.136. The van der Waals surface area contributed by atoms with Crippen LogP contribution >= 0.6 is 11.3 Å². The average Bonchev–Trinajstić information content (AvgIpc) is 2.87. The number of aliphatic carboxylic acids is 1. The number of sulfonamides is 1. The van der Waals surface area contributed by atoms with Crippen molar-refractivity contribution in [2.24, 2.45) is 0 Å². The lowest BCUT2D eigenvalue weighted by atomic mass is 10.3. The van der Waals surface area contributed by atoms with Crippen molar-refractivity contribution in [3.05, 3.63) is 22.8 Å². The molecule has 2 heterocycles. The molecular formula is C9H9N3O5S2. The summed E-state index contributed by atoms with van der Waals surface area (Å²) in [7, 11) is -3.84. The molecule has 2 aromatic rings. The summed E-state index contributed by atoms with van der Waals surface area (Å²) in [6.45, 7) is 1.55. The predicted molar refractivity (Wildman–Crippen MR) is 65.5 cm³/mol. The van der Waals surface area contributed by atoms with E-state index in [1.807, 2.05) is 0 Å². The molecule has 0 aliphatic rings. The van der Waals surface area contributed by atoms with Crippen LogP contribution in [0.5, 0.6) is 0 Å². The molecule has 8 nitrogen and oxygen atoms in total. The van der Waals surface area contributed by atoms with Gasteiger partial charge in [0.1, 0.15) is 4.21 Å². The Morgan fingerprint density at radius 1 is 1.53 bits per heavy atom. The summed E-state index contributed by atoms with van der Waals surface area (Å²) in [6.07, 6.45) is -0.222. The molecule has 0 atom stereocenters.